The van der Waals surface area contributed by atoms with Crippen LogP contribution in [0.1, 0.15) is 29.4 Å². The second-order valence-corrected chi connectivity index (χ2v) is 7.05. The number of amides is 1. The third-order valence-corrected chi connectivity index (χ3v) is 4.68. The first kappa shape index (κ1) is 16.9. The summed E-state index contributed by atoms with van der Waals surface area (Å²) in [5.74, 6) is 0.644. The molecular weight excluding hydrogens is 296 g/mol. The summed E-state index contributed by atoms with van der Waals surface area (Å²) in [5.41, 5.74) is 5.79. The number of nitrogens with zero attached hydrogens (tertiary/aromatic N) is 2. The third kappa shape index (κ3) is 5.09. The van der Waals surface area contributed by atoms with Crippen molar-refractivity contribution in [2.75, 3.05) is 42.8 Å². The van der Waals surface area contributed by atoms with Crippen molar-refractivity contribution in [2.45, 2.75) is 19.8 Å². The summed E-state index contributed by atoms with van der Waals surface area (Å²) in [6.07, 6.45) is 3.35. The van der Waals surface area contributed by atoms with Gasteiger partial charge in [0.15, 0.2) is 5.13 Å². The number of rotatable bonds is 8. The van der Waals surface area contributed by atoms with Gasteiger partial charge in [0.05, 0.1) is 0 Å². The molecule has 0 aliphatic heterocycles. The molecule has 20 heavy (non-hydrogen) atoms. The number of nitrogen functional groups attached to an aromatic ring is 1. The van der Waals surface area contributed by atoms with E-state index in [4.69, 9.17) is 5.73 Å². The SMILES string of the molecule is CCCN(C)c1nc(N)c(C(=O)NCCCS(C)=O)s1. The van der Waals surface area contributed by atoms with Crippen LogP contribution in [-0.4, -0.2) is 47.2 Å². The van der Waals surface area contributed by atoms with Crippen molar-refractivity contribution in [1.29, 1.82) is 0 Å². The second kappa shape index (κ2) is 8.21. The van der Waals surface area contributed by atoms with Gasteiger partial charge in [0.25, 0.3) is 5.91 Å². The molecule has 8 heteroatoms. The highest BCUT2D eigenvalue weighted by atomic mass is 32.2. The van der Waals surface area contributed by atoms with E-state index in [1.165, 1.54) is 11.3 Å². The summed E-state index contributed by atoms with van der Waals surface area (Å²) >= 11 is 1.30. The summed E-state index contributed by atoms with van der Waals surface area (Å²) in [5, 5.41) is 3.53. The van der Waals surface area contributed by atoms with Crippen molar-refractivity contribution < 1.29 is 9.00 Å². The van der Waals surface area contributed by atoms with Gasteiger partial charge >= 0.3 is 0 Å². The largest absolute Gasteiger partial charge is 0.382 e. The van der Waals surface area contributed by atoms with Crippen molar-refractivity contribution in [1.82, 2.24) is 10.3 Å². The molecule has 1 atom stereocenters. The van der Waals surface area contributed by atoms with E-state index in [0.29, 0.717) is 23.6 Å². The van der Waals surface area contributed by atoms with Gasteiger partial charge in [-0.05, 0) is 12.8 Å². The first-order chi connectivity index (χ1) is 9.45. The Morgan fingerprint density at radius 1 is 1.55 bits per heavy atom. The average Bonchev–Trinajstić information content (AvgIpc) is 2.77. The summed E-state index contributed by atoms with van der Waals surface area (Å²) in [6.45, 7) is 3.45. The summed E-state index contributed by atoms with van der Waals surface area (Å²) < 4.78 is 10.9. The molecular formula is C12H22N4O2S2. The summed E-state index contributed by atoms with van der Waals surface area (Å²) in [7, 11) is 1.10. The van der Waals surface area contributed by atoms with Gasteiger partial charge < -0.3 is 16.0 Å². The van der Waals surface area contributed by atoms with E-state index in [2.05, 4.69) is 17.2 Å². The number of aromatic nitrogens is 1. The minimum atomic E-state index is -0.826. The fourth-order valence-electron chi connectivity index (χ4n) is 1.63. The van der Waals surface area contributed by atoms with Crippen LogP contribution in [0.25, 0.3) is 0 Å². The fraction of sp³-hybridized carbons (Fsp3) is 0.667. The van der Waals surface area contributed by atoms with Crippen molar-refractivity contribution in [3.05, 3.63) is 4.88 Å². The zero-order chi connectivity index (χ0) is 15.1. The first-order valence-corrected chi connectivity index (χ1v) is 9.05. The van der Waals surface area contributed by atoms with E-state index in [9.17, 15) is 9.00 Å². The van der Waals surface area contributed by atoms with Gasteiger partial charge in [0.2, 0.25) is 0 Å². The lowest BCUT2D eigenvalue weighted by Gasteiger charge is -2.13. The molecule has 3 N–H and O–H groups in total. The highest BCUT2D eigenvalue weighted by Gasteiger charge is 2.17. The Bertz CT molecular complexity index is 476. The van der Waals surface area contributed by atoms with E-state index in [1.807, 2.05) is 11.9 Å². The predicted octanol–water partition coefficient (Wildman–Crippen LogP) is 1.07. The molecule has 0 bridgehead atoms. The quantitative estimate of drug-likeness (QED) is 0.700. The number of hydrogen-bond acceptors (Lipinski definition) is 6. The number of nitrogens with two attached hydrogens (primary N) is 1. The predicted molar refractivity (Wildman–Crippen MR) is 86.0 cm³/mol. The van der Waals surface area contributed by atoms with Gasteiger partial charge in [-0.25, -0.2) is 4.98 Å². The molecule has 0 fully saturated rings. The maximum absolute atomic E-state index is 12.0. The summed E-state index contributed by atoms with van der Waals surface area (Å²) in [4.78, 5) is 18.6. The molecule has 1 unspecified atom stereocenters. The van der Waals surface area contributed by atoms with Gasteiger partial charge in [-0.3, -0.25) is 9.00 Å². The molecule has 0 saturated heterocycles. The van der Waals surface area contributed by atoms with Crippen LogP contribution in [0.2, 0.25) is 0 Å². The number of anilines is 2. The van der Waals surface area contributed by atoms with E-state index < -0.39 is 10.8 Å². The van der Waals surface area contributed by atoms with Crippen LogP contribution in [0, 0.1) is 0 Å². The molecule has 0 radical (unpaired) electrons. The van der Waals surface area contributed by atoms with Crippen LogP contribution in [0.15, 0.2) is 0 Å². The van der Waals surface area contributed by atoms with Crippen molar-refractivity contribution in [3.8, 4) is 0 Å². The Kier molecular flexibility index (Phi) is 6.94. The van der Waals surface area contributed by atoms with E-state index in [0.717, 1.165) is 18.1 Å². The number of carbonyl (C=O) groups excluding carboxylic acids is 1. The van der Waals surface area contributed by atoms with Crippen LogP contribution in [0.3, 0.4) is 0 Å². The normalized spacial score (nSPS) is 12.2. The minimum absolute atomic E-state index is 0.210. The maximum Gasteiger partial charge on any atom is 0.265 e. The molecule has 0 aliphatic carbocycles. The zero-order valence-electron chi connectivity index (χ0n) is 12.1. The lowest BCUT2D eigenvalue weighted by Crippen LogP contribution is -2.25. The van der Waals surface area contributed by atoms with Gasteiger partial charge in [-0.2, -0.15) is 0 Å². The van der Waals surface area contributed by atoms with Crippen LogP contribution >= 0.6 is 11.3 Å². The van der Waals surface area contributed by atoms with Crippen LogP contribution in [0.4, 0.5) is 10.9 Å². The second-order valence-electron chi connectivity index (χ2n) is 4.52. The third-order valence-electron chi connectivity index (χ3n) is 2.63. The lowest BCUT2D eigenvalue weighted by molar-refractivity contribution is 0.0958. The molecule has 0 aromatic carbocycles. The number of carbonyl (C=O) groups is 1. The molecule has 0 aliphatic rings. The highest BCUT2D eigenvalue weighted by molar-refractivity contribution is 7.84. The fourth-order valence-corrected chi connectivity index (χ4v) is 3.07. The Morgan fingerprint density at radius 2 is 2.25 bits per heavy atom. The Labute approximate surface area is 126 Å². The van der Waals surface area contributed by atoms with Crippen molar-refractivity contribution in [2.24, 2.45) is 0 Å². The number of thiazole rings is 1. The monoisotopic (exact) mass is 318 g/mol. The lowest BCUT2D eigenvalue weighted by atomic mass is 10.4. The molecule has 114 valence electrons. The number of hydrogen-bond donors (Lipinski definition) is 2. The smallest absolute Gasteiger partial charge is 0.265 e. The molecule has 1 heterocycles. The highest BCUT2D eigenvalue weighted by Crippen LogP contribution is 2.27. The number of nitrogens with one attached hydrogen (secondary N) is 1. The molecule has 6 nitrogen and oxygen atoms in total. The molecule has 0 saturated carbocycles. The Hall–Kier alpha value is -1.15. The van der Waals surface area contributed by atoms with Gasteiger partial charge in [-0.15, -0.1) is 0 Å². The van der Waals surface area contributed by atoms with Crippen LogP contribution in [0.5, 0.6) is 0 Å². The molecule has 1 amide bonds. The van der Waals surface area contributed by atoms with Crippen molar-refractivity contribution >= 4 is 39.0 Å². The van der Waals surface area contributed by atoms with E-state index >= 15 is 0 Å². The molecule has 1 aromatic heterocycles. The molecule has 1 rings (SSSR count). The standard InChI is InChI=1S/C12H22N4O2S2/c1-4-7-16(2)12-15-10(13)9(19-12)11(17)14-6-5-8-20(3)18/h4-8,13H2,1-3H3,(H,14,17). The average molecular weight is 318 g/mol. The minimum Gasteiger partial charge on any atom is -0.382 e. The Morgan fingerprint density at radius 3 is 2.85 bits per heavy atom. The van der Waals surface area contributed by atoms with Gasteiger partial charge in [-0.1, -0.05) is 18.3 Å². The van der Waals surface area contributed by atoms with Crippen molar-refractivity contribution in [3.63, 3.8) is 0 Å². The zero-order valence-corrected chi connectivity index (χ0v) is 13.8. The topological polar surface area (TPSA) is 88.3 Å². The molecule has 1 aromatic rings. The van der Waals surface area contributed by atoms with Crippen LogP contribution < -0.4 is 16.0 Å². The van der Waals surface area contributed by atoms with E-state index in [1.54, 1.807) is 6.26 Å². The van der Waals surface area contributed by atoms with Crippen LogP contribution in [-0.2, 0) is 10.8 Å². The Balaban J connectivity index is 2.57. The summed E-state index contributed by atoms with van der Waals surface area (Å²) in [6, 6.07) is 0. The van der Waals surface area contributed by atoms with Gasteiger partial charge in [0, 0.05) is 42.9 Å². The van der Waals surface area contributed by atoms with Gasteiger partial charge in [0.1, 0.15) is 10.7 Å². The first-order valence-electron chi connectivity index (χ1n) is 6.51. The van der Waals surface area contributed by atoms with E-state index in [-0.39, 0.29) is 11.7 Å². The molecule has 0 spiro atoms. The maximum atomic E-state index is 12.0.